The van der Waals surface area contributed by atoms with Crippen molar-refractivity contribution in [1.82, 2.24) is 10.6 Å². The maximum atomic E-state index is 11.9. The highest BCUT2D eigenvalue weighted by atomic mass is 16.3. The second kappa shape index (κ2) is 14.8. The van der Waals surface area contributed by atoms with Crippen LogP contribution >= 0.6 is 0 Å². The van der Waals surface area contributed by atoms with Gasteiger partial charge in [-0.25, -0.2) is 0 Å². The van der Waals surface area contributed by atoms with Crippen molar-refractivity contribution in [3.63, 3.8) is 0 Å². The van der Waals surface area contributed by atoms with E-state index < -0.39 is 0 Å². The molecule has 0 heterocycles. The number of unbranched alkanes of at least 4 members (excludes halogenated alkanes) is 5. The normalized spacial score (nSPS) is 11.9. The summed E-state index contributed by atoms with van der Waals surface area (Å²) in [6.07, 6.45) is 7.78. The van der Waals surface area contributed by atoms with Gasteiger partial charge >= 0.3 is 0 Å². The van der Waals surface area contributed by atoms with Gasteiger partial charge in [-0.05, 0) is 24.0 Å². The van der Waals surface area contributed by atoms with Crippen molar-refractivity contribution in [1.29, 1.82) is 0 Å². The van der Waals surface area contributed by atoms with Gasteiger partial charge in [0.2, 0.25) is 5.91 Å². The van der Waals surface area contributed by atoms with Gasteiger partial charge in [-0.2, -0.15) is 0 Å². The first-order chi connectivity index (χ1) is 14.2. The standard InChI is InChI=1S/C25H36N2O2/c28-24(21-26-19-22-13-7-5-8-14-22)17-11-3-1-2-4-12-18-25(29)27-20-23-15-9-6-10-16-23/h5-10,13-16,24,26,28H,1-4,11-12,17-21H2,(H,27,29). The Kier molecular flexibility index (Phi) is 11.8. The molecule has 0 aliphatic rings. The molecule has 4 nitrogen and oxygen atoms in total. The number of aliphatic hydroxyl groups excluding tert-OH is 1. The van der Waals surface area contributed by atoms with Crippen LogP contribution in [-0.2, 0) is 17.9 Å². The highest BCUT2D eigenvalue weighted by molar-refractivity contribution is 5.75. The summed E-state index contributed by atoms with van der Waals surface area (Å²) < 4.78 is 0. The van der Waals surface area contributed by atoms with Gasteiger partial charge in [-0.15, -0.1) is 0 Å². The third-order valence-electron chi connectivity index (χ3n) is 5.08. The number of hydrogen-bond acceptors (Lipinski definition) is 3. The van der Waals surface area contributed by atoms with Gasteiger partial charge in [0, 0.05) is 26.1 Å². The predicted octanol–water partition coefficient (Wildman–Crippen LogP) is 4.57. The number of nitrogens with one attached hydrogen (secondary N) is 2. The zero-order valence-electron chi connectivity index (χ0n) is 17.5. The summed E-state index contributed by atoms with van der Waals surface area (Å²) in [5, 5.41) is 16.3. The van der Waals surface area contributed by atoms with Crippen molar-refractivity contribution in [2.45, 2.75) is 70.6 Å². The Morgan fingerprint density at radius 1 is 0.759 bits per heavy atom. The lowest BCUT2D eigenvalue weighted by atomic mass is 10.1. The maximum Gasteiger partial charge on any atom is 0.220 e. The molecule has 0 fully saturated rings. The van der Waals surface area contributed by atoms with Crippen LogP contribution in [0.4, 0.5) is 0 Å². The smallest absolute Gasteiger partial charge is 0.220 e. The van der Waals surface area contributed by atoms with Gasteiger partial charge in [-0.1, -0.05) is 92.8 Å². The minimum Gasteiger partial charge on any atom is -0.392 e. The molecule has 1 amide bonds. The van der Waals surface area contributed by atoms with Gasteiger partial charge in [-0.3, -0.25) is 4.79 Å². The maximum absolute atomic E-state index is 11.9. The Bertz CT molecular complexity index is 661. The Hall–Kier alpha value is -2.17. The molecule has 2 rings (SSSR count). The highest BCUT2D eigenvalue weighted by Gasteiger charge is 2.04. The Labute approximate surface area is 175 Å². The molecule has 158 valence electrons. The molecule has 0 radical (unpaired) electrons. The van der Waals surface area contributed by atoms with Crippen molar-refractivity contribution < 1.29 is 9.90 Å². The van der Waals surface area contributed by atoms with Crippen molar-refractivity contribution in [2.75, 3.05) is 6.54 Å². The van der Waals surface area contributed by atoms with Crippen LogP contribution in [0.3, 0.4) is 0 Å². The quantitative estimate of drug-likeness (QED) is 0.386. The topological polar surface area (TPSA) is 61.4 Å². The Balaban J connectivity index is 1.36. The molecule has 2 aromatic rings. The van der Waals surface area contributed by atoms with E-state index in [1.807, 2.05) is 48.5 Å². The van der Waals surface area contributed by atoms with Crippen LogP contribution in [0.25, 0.3) is 0 Å². The van der Waals surface area contributed by atoms with Gasteiger partial charge in [0.1, 0.15) is 0 Å². The number of aliphatic hydroxyl groups is 1. The Morgan fingerprint density at radius 3 is 1.97 bits per heavy atom. The summed E-state index contributed by atoms with van der Waals surface area (Å²) in [5.41, 5.74) is 2.38. The van der Waals surface area contributed by atoms with E-state index in [2.05, 4.69) is 22.8 Å². The summed E-state index contributed by atoms with van der Waals surface area (Å²) in [4.78, 5) is 11.9. The van der Waals surface area contributed by atoms with E-state index >= 15 is 0 Å². The van der Waals surface area contributed by atoms with E-state index in [0.29, 0.717) is 19.5 Å². The second-order valence-corrected chi connectivity index (χ2v) is 7.69. The number of carbonyl (C=O) groups is 1. The van der Waals surface area contributed by atoms with E-state index in [1.165, 1.54) is 12.0 Å². The lowest BCUT2D eigenvalue weighted by Gasteiger charge is -2.12. The third-order valence-corrected chi connectivity index (χ3v) is 5.08. The van der Waals surface area contributed by atoms with E-state index in [1.54, 1.807) is 0 Å². The molecule has 3 N–H and O–H groups in total. The van der Waals surface area contributed by atoms with Gasteiger partial charge in [0.05, 0.1) is 6.10 Å². The molecule has 0 aliphatic carbocycles. The summed E-state index contributed by atoms with van der Waals surface area (Å²) in [6, 6.07) is 20.3. The fourth-order valence-corrected chi connectivity index (χ4v) is 3.34. The molecule has 1 unspecified atom stereocenters. The molecule has 1 atom stereocenters. The molecule has 0 saturated heterocycles. The molecule has 0 saturated carbocycles. The second-order valence-electron chi connectivity index (χ2n) is 7.69. The predicted molar refractivity (Wildman–Crippen MR) is 119 cm³/mol. The first-order valence-electron chi connectivity index (χ1n) is 11.0. The lowest BCUT2D eigenvalue weighted by Crippen LogP contribution is -2.26. The zero-order valence-corrected chi connectivity index (χ0v) is 17.5. The average molecular weight is 397 g/mol. The van der Waals surface area contributed by atoms with Crippen LogP contribution in [0.5, 0.6) is 0 Å². The van der Waals surface area contributed by atoms with Crippen molar-refractivity contribution in [2.24, 2.45) is 0 Å². The first kappa shape index (κ1) is 23.1. The van der Waals surface area contributed by atoms with Crippen molar-refractivity contribution in [3.05, 3.63) is 71.8 Å². The van der Waals surface area contributed by atoms with Crippen LogP contribution in [0, 0.1) is 0 Å². The molecule has 2 aromatic carbocycles. The molecule has 0 spiro atoms. The number of hydrogen-bond donors (Lipinski definition) is 3. The molecule has 0 aromatic heterocycles. The van der Waals surface area contributed by atoms with Crippen LogP contribution in [0.15, 0.2) is 60.7 Å². The first-order valence-corrected chi connectivity index (χ1v) is 11.0. The largest absolute Gasteiger partial charge is 0.392 e. The lowest BCUT2D eigenvalue weighted by molar-refractivity contribution is -0.121. The van der Waals surface area contributed by atoms with Crippen LogP contribution in [-0.4, -0.2) is 23.7 Å². The highest BCUT2D eigenvalue weighted by Crippen LogP contribution is 2.10. The molecule has 0 bridgehead atoms. The average Bonchev–Trinajstić information content (AvgIpc) is 2.75. The summed E-state index contributed by atoms with van der Waals surface area (Å²) in [5.74, 6) is 0.139. The molecule has 29 heavy (non-hydrogen) atoms. The fourth-order valence-electron chi connectivity index (χ4n) is 3.34. The monoisotopic (exact) mass is 396 g/mol. The molecule has 4 heteroatoms. The van der Waals surface area contributed by atoms with E-state index in [-0.39, 0.29) is 12.0 Å². The third kappa shape index (κ3) is 11.4. The van der Waals surface area contributed by atoms with E-state index in [4.69, 9.17) is 0 Å². The van der Waals surface area contributed by atoms with Crippen LogP contribution < -0.4 is 10.6 Å². The zero-order chi connectivity index (χ0) is 20.6. The summed E-state index contributed by atoms with van der Waals surface area (Å²) >= 11 is 0. The number of rotatable bonds is 15. The molecule has 0 aliphatic heterocycles. The minimum absolute atomic E-state index is 0.139. The van der Waals surface area contributed by atoms with Gasteiger partial charge < -0.3 is 15.7 Å². The van der Waals surface area contributed by atoms with Gasteiger partial charge in [0.15, 0.2) is 0 Å². The number of benzene rings is 2. The van der Waals surface area contributed by atoms with E-state index in [0.717, 1.165) is 50.6 Å². The summed E-state index contributed by atoms with van der Waals surface area (Å²) in [7, 11) is 0. The number of amides is 1. The molecular weight excluding hydrogens is 360 g/mol. The van der Waals surface area contributed by atoms with Crippen molar-refractivity contribution >= 4 is 5.91 Å². The SMILES string of the molecule is O=C(CCCCCCCCC(O)CNCc1ccccc1)NCc1ccccc1. The molecular formula is C25H36N2O2. The minimum atomic E-state index is -0.271. The van der Waals surface area contributed by atoms with Crippen LogP contribution in [0.1, 0.15) is 62.5 Å². The fraction of sp³-hybridized carbons (Fsp3) is 0.480. The van der Waals surface area contributed by atoms with Crippen molar-refractivity contribution in [3.8, 4) is 0 Å². The number of carbonyl (C=O) groups excluding carboxylic acids is 1. The summed E-state index contributed by atoms with van der Waals surface area (Å²) in [6.45, 7) is 2.06. The van der Waals surface area contributed by atoms with Gasteiger partial charge in [0.25, 0.3) is 0 Å². The van der Waals surface area contributed by atoms with Crippen LogP contribution in [0.2, 0.25) is 0 Å². The van der Waals surface area contributed by atoms with E-state index in [9.17, 15) is 9.90 Å². The Morgan fingerprint density at radius 2 is 1.31 bits per heavy atom.